The molecule has 1 aliphatic carbocycles. The van der Waals surface area contributed by atoms with Crippen LogP contribution in [0.1, 0.15) is 24.0 Å². The molecule has 2 fully saturated rings. The van der Waals surface area contributed by atoms with Gasteiger partial charge in [-0.2, -0.15) is 0 Å². The lowest BCUT2D eigenvalue weighted by atomic mass is 10.0. The quantitative estimate of drug-likeness (QED) is 0.882. The summed E-state index contributed by atoms with van der Waals surface area (Å²) >= 11 is 0. The Morgan fingerprint density at radius 3 is 2.20 bits per heavy atom. The fraction of sp³-hybridized carbons (Fsp3) is 0.647. The van der Waals surface area contributed by atoms with Crippen LogP contribution in [0.25, 0.3) is 0 Å². The molecule has 0 amide bonds. The first-order chi connectivity index (χ1) is 9.63. The lowest BCUT2D eigenvalue weighted by Crippen LogP contribution is -2.45. The maximum Gasteiger partial charge on any atom is 0.0196 e. The molecule has 2 N–H and O–H groups in total. The van der Waals surface area contributed by atoms with Gasteiger partial charge in [-0.15, -0.1) is 0 Å². The minimum absolute atomic E-state index is 0.126. The fourth-order valence-electron chi connectivity index (χ4n) is 2.93. The van der Waals surface area contributed by atoms with Gasteiger partial charge >= 0.3 is 0 Å². The molecule has 0 spiro atoms. The van der Waals surface area contributed by atoms with Gasteiger partial charge in [-0.3, -0.25) is 0 Å². The molecule has 1 aromatic carbocycles. The molecule has 110 valence electrons. The second-order valence-corrected chi connectivity index (χ2v) is 6.75. The number of nitrogens with two attached hydrogens (primary N) is 1. The summed E-state index contributed by atoms with van der Waals surface area (Å²) in [5.41, 5.74) is 9.15. The number of hydrogen-bond acceptors (Lipinski definition) is 3. The van der Waals surface area contributed by atoms with Crippen LogP contribution in [0.4, 0.5) is 0 Å². The van der Waals surface area contributed by atoms with Gasteiger partial charge in [0.15, 0.2) is 0 Å². The van der Waals surface area contributed by atoms with Crippen molar-refractivity contribution in [2.45, 2.75) is 31.2 Å². The van der Waals surface area contributed by atoms with E-state index in [4.69, 9.17) is 5.73 Å². The van der Waals surface area contributed by atoms with E-state index in [9.17, 15) is 0 Å². The van der Waals surface area contributed by atoms with Crippen LogP contribution in [0.2, 0.25) is 0 Å². The number of rotatable bonds is 5. The number of likely N-dealkylation sites (N-methyl/N-ethyl adjacent to an activating group) is 1. The zero-order valence-electron chi connectivity index (χ0n) is 12.6. The van der Waals surface area contributed by atoms with E-state index in [1.54, 1.807) is 0 Å². The summed E-state index contributed by atoms with van der Waals surface area (Å²) in [6.45, 7) is 6.03. The monoisotopic (exact) mass is 273 g/mol. The molecular weight excluding hydrogens is 246 g/mol. The molecule has 3 rings (SSSR count). The van der Waals surface area contributed by atoms with Gasteiger partial charge in [-0.1, -0.05) is 24.3 Å². The van der Waals surface area contributed by atoms with Crippen LogP contribution in [-0.2, 0) is 12.8 Å². The topological polar surface area (TPSA) is 32.5 Å². The van der Waals surface area contributed by atoms with E-state index in [-0.39, 0.29) is 5.54 Å². The third-order valence-corrected chi connectivity index (χ3v) is 4.78. The predicted octanol–water partition coefficient (Wildman–Crippen LogP) is 1.51. The van der Waals surface area contributed by atoms with Crippen LogP contribution >= 0.6 is 0 Å². The maximum atomic E-state index is 6.17. The molecule has 20 heavy (non-hydrogen) atoms. The number of benzene rings is 1. The summed E-state index contributed by atoms with van der Waals surface area (Å²) in [6.07, 6.45) is 4.60. The largest absolute Gasteiger partial charge is 0.325 e. The van der Waals surface area contributed by atoms with Gasteiger partial charge in [-0.25, -0.2) is 0 Å². The van der Waals surface area contributed by atoms with E-state index in [0.717, 1.165) is 12.8 Å². The van der Waals surface area contributed by atoms with Gasteiger partial charge in [0.05, 0.1) is 0 Å². The van der Waals surface area contributed by atoms with Gasteiger partial charge in [0.25, 0.3) is 0 Å². The van der Waals surface area contributed by atoms with Crippen molar-refractivity contribution < 1.29 is 0 Å². The van der Waals surface area contributed by atoms with Crippen molar-refractivity contribution >= 4 is 0 Å². The van der Waals surface area contributed by atoms with Crippen LogP contribution in [0, 0.1) is 0 Å². The van der Waals surface area contributed by atoms with E-state index < -0.39 is 0 Å². The molecule has 2 aliphatic rings. The van der Waals surface area contributed by atoms with Crippen molar-refractivity contribution in [1.82, 2.24) is 9.80 Å². The molecular formula is C17H27N3. The van der Waals surface area contributed by atoms with E-state index in [2.05, 4.69) is 41.1 Å². The van der Waals surface area contributed by atoms with E-state index in [1.165, 1.54) is 56.7 Å². The number of nitrogens with zero attached hydrogens (tertiary/aromatic N) is 2. The highest BCUT2D eigenvalue weighted by molar-refractivity contribution is 5.26. The van der Waals surface area contributed by atoms with Crippen molar-refractivity contribution in [2.24, 2.45) is 5.73 Å². The molecule has 1 aliphatic heterocycles. The van der Waals surface area contributed by atoms with Crippen molar-refractivity contribution in [3.05, 3.63) is 35.4 Å². The predicted molar refractivity (Wildman–Crippen MR) is 83.9 cm³/mol. The lowest BCUT2D eigenvalue weighted by molar-refractivity contribution is 0.155. The van der Waals surface area contributed by atoms with Crippen LogP contribution in [0.5, 0.6) is 0 Å². The van der Waals surface area contributed by atoms with Gasteiger partial charge in [0, 0.05) is 38.3 Å². The Morgan fingerprint density at radius 1 is 1.00 bits per heavy atom. The molecule has 0 aromatic heterocycles. The zero-order chi connectivity index (χ0) is 14.0. The van der Waals surface area contributed by atoms with Crippen LogP contribution in [0.15, 0.2) is 24.3 Å². The Hall–Kier alpha value is -0.900. The molecule has 3 nitrogen and oxygen atoms in total. The van der Waals surface area contributed by atoms with E-state index in [1.807, 2.05) is 0 Å². The molecule has 1 saturated heterocycles. The van der Waals surface area contributed by atoms with Crippen molar-refractivity contribution in [1.29, 1.82) is 0 Å². The Kier molecular flexibility index (Phi) is 4.11. The zero-order valence-corrected chi connectivity index (χ0v) is 12.6. The molecule has 0 atom stereocenters. The Bertz CT molecular complexity index is 428. The standard InChI is InChI=1S/C17H27N3/c1-19-10-12-20(13-11-19)9-6-15-2-4-16(5-3-15)14-17(18)7-8-17/h2-5H,6-14,18H2,1H3. The molecule has 0 radical (unpaired) electrons. The Labute approximate surface area is 122 Å². The second-order valence-electron chi connectivity index (χ2n) is 6.75. The SMILES string of the molecule is CN1CCN(CCc2ccc(CC3(N)CC3)cc2)CC1. The number of hydrogen-bond donors (Lipinski definition) is 1. The van der Waals surface area contributed by atoms with E-state index in [0.29, 0.717) is 0 Å². The highest BCUT2D eigenvalue weighted by Gasteiger charge is 2.37. The number of piperazine rings is 1. The van der Waals surface area contributed by atoms with Gasteiger partial charge in [0.2, 0.25) is 0 Å². The van der Waals surface area contributed by atoms with Crippen LogP contribution < -0.4 is 5.73 Å². The summed E-state index contributed by atoms with van der Waals surface area (Å²) in [5.74, 6) is 0. The molecule has 1 heterocycles. The average molecular weight is 273 g/mol. The first-order valence-electron chi connectivity index (χ1n) is 7.91. The smallest absolute Gasteiger partial charge is 0.0196 e. The third kappa shape index (κ3) is 3.81. The highest BCUT2D eigenvalue weighted by atomic mass is 15.2. The third-order valence-electron chi connectivity index (χ3n) is 4.78. The molecule has 1 aromatic rings. The molecule has 0 unspecified atom stereocenters. The Balaban J connectivity index is 1.45. The summed E-state index contributed by atoms with van der Waals surface area (Å²) in [5, 5.41) is 0. The van der Waals surface area contributed by atoms with Crippen LogP contribution in [-0.4, -0.2) is 55.1 Å². The Morgan fingerprint density at radius 2 is 1.60 bits per heavy atom. The summed E-state index contributed by atoms with van der Waals surface area (Å²) in [7, 11) is 2.21. The maximum absolute atomic E-state index is 6.17. The average Bonchev–Trinajstić information content (AvgIpc) is 3.17. The second kappa shape index (κ2) is 5.84. The first-order valence-corrected chi connectivity index (χ1v) is 7.91. The molecule has 0 bridgehead atoms. The van der Waals surface area contributed by atoms with Gasteiger partial charge < -0.3 is 15.5 Å². The normalized spacial score (nSPS) is 22.9. The van der Waals surface area contributed by atoms with Crippen molar-refractivity contribution in [3.63, 3.8) is 0 Å². The summed E-state index contributed by atoms with van der Waals surface area (Å²) < 4.78 is 0. The highest BCUT2D eigenvalue weighted by Crippen LogP contribution is 2.35. The lowest BCUT2D eigenvalue weighted by Gasteiger charge is -2.32. The molecule has 1 saturated carbocycles. The van der Waals surface area contributed by atoms with Crippen LogP contribution in [0.3, 0.4) is 0 Å². The van der Waals surface area contributed by atoms with Crippen molar-refractivity contribution in [2.75, 3.05) is 39.8 Å². The molecule has 3 heteroatoms. The van der Waals surface area contributed by atoms with Crippen molar-refractivity contribution in [3.8, 4) is 0 Å². The minimum Gasteiger partial charge on any atom is -0.325 e. The fourth-order valence-corrected chi connectivity index (χ4v) is 2.93. The minimum atomic E-state index is 0.126. The van der Waals surface area contributed by atoms with Gasteiger partial charge in [0.1, 0.15) is 0 Å². The summed E-state index contributed by atoms with van der Waals surface area (Å²) in [6, 6.07) is 9.12. The first kappa shape index (κ1) is 14.1. The van der Waals surface area contributed by atoms with Gasteiger partial charge in [-0.05, 0) is 43.9 Å². The summed E-state index contributed by atoms with van der Waals surface area (Å²) in [4.78, 5) is 4.98. The van der Waals surface area contributed by atoms with E-state index >= 15 is 0 Å².